The topological polar surface area (TPSA) is 70.5 Å². The average molecular weight is 331 g/mol. The van der Waals surface area contributed by atoms with Gasteiger partial charge in [-0.05, 0) is 37.8 Å². The molecule has 0 saturated carbocycles. The van der Waals surface area contributed by atoms with Crippen molar-refractivity contribution >= 4 is 35.1 Å². The molecular formula is C14H16Cl2N2O3. The lowest BCUT2D eigenvalue weighted by molar-refractivity contribution is -0.137. The predicted octanol–water partition coefficient (Wildman–Crippen LogP) is 3.25. The highest BCUT2D eigenvalue weighted by Gasteiger charge is 2.28. The minimum atomic E-state index is -0.844. The number of hydrogen-bond acceptors (Lipinski definition) is 3. The van der Waals surface area contributed by atoms with E-state index in [9.17, 15) is 9.59 Å². The first kappa shape index (κ1) is 16.0. The lowest BCUT2D eigenvalue weighted by atomic mass is 9.97. The van der Waals surface area contributed by atoms with E-state index in [2.05, 4.69) is 4.98 Å². The van der Waals surface area contributed by atoms with Gasteiger partial charge in [-0.1, -0.05) is 23.2 Å². The molecule has 2 heterocycles. The Hall–Kier alpha value is -1.33. The van der Waals surface area contributed by atoms with Crippen LogP contribution in [0.5, 0.6) is 0 Å². The van der Waals surface area contributed by atoms with Gasteiger partial charge in [0.25, 0.3) is 5.91 Å². The van der Waals surface area contributed by atoms with Gasteiger partial charge in [0.2, 0.25) is 0 Å². The summed E-state index contributed by atoms with van der Waals surface area (Å²) < 4.78 is 0. The number of carbonyl (C=O) groups excluding carboxylic acids is 1. The number of carboxylic acid groups (broad SMARTS) is 1. The zero-order chi connectivity index (χ0) is 15.4. The van der Waals surface area contributed by atoms with Crippen molar-refractivity contribution in [1.82, 2.24) is 9.88 Å². The van der Waals surface area contributed by atoms with Crippen molar-refractivity contribution in [2.75, 3.05) is 6.54 Å². The molecule has 1 unspecified atom stereocenters. The number of piperidine rings is 1. The Morgan fingerprint density at radius 1 is 1.29 bits per heavy atom. The number of nitrogens with zero attached hydrogens (tertiary/aromatic N) is 2. The molecule has 1 aromatic rings. The van der Waals surface area contributed by atoms with E-state index in [0.29, 0.717) is 18.5 Å². The van der Waals surface area contributed by atoms with E-state index in [0.717, 1.165) is 19.3 Å². The third-order valence-corrected chi connectivity index (χ3v) is 3.98. The summed E-state index contributed by atoms with van der Waals surface area (Å²) >= 11 is 11.7. The molecular weight excluding hydrogens is 315 g/mol. The summed E-state index contributed by atoms with van der Waals surface area (Å²) in [6.07, 6.45) is 3.28. The van der Waals surface area contributed by atoms with Crippen LogP contribution in [0, 0.1) is 0 Å². The molecule has 1 fully saturated rings. The van der Waals surface area contributed by atoms with Gasteiger partial charge in [-0.25, -0.2) is 4.98 Å². The minimum Gasteiger partial charge on any atom is -0.481 e. The van der Waals surface area contributed by atoms with E-state index in [1.54, 1.807) is 4.90 Å². The second kappa shape index (κ2) is 7.09. The molecule has 0 spiro atoms. The fourth-order valence-corrected chi connectivity index (χ4v) is 3.07. The number of aromatic nitrogens is 1. The predicted molar refractivity (Wildman–Crippen MR) is 79.8 cm³/mol. The zero-order valence-electron chi connectivity index (χ0n) is 11.4. The van der Waals surface area contributed by atoms with E-state index >= 15 is 0 Å². The number of halogens is 2. The Morgan fingerprint density at radius 2 is 1.95 bits per heavy atom. The summed E-state index contributed by atoms with van der Waals surface area (Å²) in [4.78, 5) is 28.9. The standard InChI is InChI=1S/C14H16Cl2N2O3/c15-11-7-9(8-12(16)17-11)14(21)18-6-2-1-3-10(18)4-5-13(19)20/h7-8,10H,1-6H2,(H,19,20). The fourth-order valence-electron chi connectivity index (χ4n) is 2.61. The monoisotopic (exact) mass is 330 g/mol. The number of carboxylic acids is 1. The first-order valence-corrected chi connectivity index (χ1v) is 7.59. The highest BCUT2D eigenvalue weighted by Crippen LogP contribution is 2.24. The number of likely N-dealkylation sites (tertiary alicyclic amines) is 1. The minimum absolute atomic E-state index is 0.0481. The van der Waals surface area contributed by atoms with Crippen molar-refractivity contribution in [3.05, 3.63) is 28.0 Å². The highest BCUT2D eigenvalue weighted by atomic mass is 35.5. The van der Waals surface area contributed by atoms with Crippen LogP contribution in [0.1, 0.15) is 42.5 Å². The zero-order valence-corrected chi connectivity index (χ0v) is 12.9. The molecule has 1 aliphatic rings. The van der Waals surface area contributed by atoms with Gasteiger partial charge in [-0.2, -0.15) is 0 Å². The summed E-state index contributed by atoms with van der Waals surface area (Å²) in [7, 11) is 0. The van der Waals surface area contributed by atoms with Gasteiger partial charge < -0.3 is 10.0 Å². The molecule has 1 aromatic heterocycles. The van der Waals surface area contributed by atoms with Crippen LogP contribution < -0.4 is 0 Å². The third-order valence-electron chi connectivity index (χ3n) is 3.59. The lowest BCUT2D eigenvalue weighted by Crippen LogP contribution is -2.44. The molecule has 21 heavy (non-hydrogen) atoms. The number of amides is 1. The molecule has 0 aromatic carbocycles. The Kier molecular flexibility index (Phi) is 5.42. The smallest absolute Gasteiger partial charge is 0.303 e. The Labute approximate surface area is 132 Å². The normalized spacial score (nSPS) is 18.6. The number of pyridine rings is 1. The molecule has 1 amide bonds. The molecule has 0 radical (unpaired) electrons. The maximum absolute atomic E-state index is 12.6. The van der Waals surface area contributed by atoms with Crippen LogP contribution in [-0.4, -0.2) is 39.5 Å². The van der Waals surface area contributed by atoms with E-state index in [4.69, 9.17) is 28.3 Å². The molecule has 7 heteroatoms. The molecule has 1 N–H and O–H groups in total. The number of carbonyl (C=O) groups is 2. The van der Waals surface area contributed by atoms with Gasteiger partial charge in [-0.15, -0.1) is 0 Å². The average Bonchev–Trinajstić information content (AvgIpc) is 2.43. The van der Waals surface area contributed by atoms with Crippen molar-refractivity contribution in [3.8, 4) is 0 Å². The highest BCUT2D eigenvalue weighted by molar-refractivity contribution is 6.33. The first-order valence-electron chi connectivity index (χ1n) is 6.83. The van der Waals surface area contributed by atoms with Crippen LogP contribution in [-0.2, 0) is 4.79 Å². The lowest BCUT2D eigenvalue weighted by Gasteiger charge is -2.35. The number of rotatable bonds is 4. The van der Waals surface area contributed by atoms with Crippen LogP contribution >= 0.6 is 23.2 Å². The van der Waals surface area contributed by atoms with Crippen LogP contribution in [0.25, 0.3) is 0 Å². The van der Waals surface area contributed by atoms with Crippen molar-refractivity contribution in [3.63, 3.8) is 0 Å². The van der Waals surface area contributed by atoms with Crippen molar-refractivity contribution in [1.29, 1.82) is 0 Å². The number of hydrogen-bond donors (Lipinski definition) is 1. The summed E-state index contributed by atoms with van der Waals surface area (Å²) in [6, 6.07) is 2.92. The molecule has 1 aliphatic heterocycles. The molecule has 1 saturated heterocycles. The van der Waals surface area contributed by atoms with Gasteiger partial charge in [0, 0.05) is 24.6 Å². The summed E-state index contributed by atoms with van der Waals surface area (Å²) in [6.45, 7) is 0.626. The third kappa shape index (κ3) is 4.32. The second-order valence-corrected chi connectivity index (χ2v) is 5.86. The summed E-state index contributed by atoms with van der Waals surface area (Å²) in [5.74, 6) is -1.01. The van der Waals surface area contributed by atoms with E-state index in [-0.39, 0.29) is 28.7 Å². The van der Waals surface area contributed by atoms with E-state index in [1.165, 1.54) is 12.1 Å². The Bertz CT molecular complexity index is 531. The number of aliphatic carboxylic acids is 1. The van der Waals surface area contributed by atoms with Gasteiger partial charge >= 0.3 is 5.97 Å². The summed E-state index contributed by atoms with van der Waals surface area (Å²) in [5.41, 5.74) is 0.391. The van der Waals surface area contributed by atoms with Gasteiger partial charge in [0.15, 0.2) is 0 Å². The Morgan fingerprint density at radius 3 is 2.57 bits per heavy atom. The molecule has 2 rings (SSSR count). The van der Waals surface area contributed by atoms with Crippen molar-refractivity contribution < 1.29 is 14.7 Å². The largest absolute Gasteiger partial charge is 0.481 e. The fraction of sp³-hybridized carbons (Fsp3) is 0.500. The molecule has 114 valence electrons. The van der Waals surface area contributed by atoms with Gasteiger partial charge in [0.05, 0.1) is 0 Å². The molecule has 5 nitrogen and oxygen atoms in total. The van der Waals surface area contributed by atoms with Crippen LogP contribution in [0.15, 0.2) is 12.1 Å². The maximum Gasteiger partial charge on any atom is 0.303 e. The molecule has 1 atom stereocenters. The molecule has 0 bridgehead atoms. The Balaban J connectivity index is 2.15. The SMILES string of the molecule is O=C(O)CCC1CCCCN1C(=O)c1cc(Cl)nc(Cl)c1. The van der Waals surface area contributed by atoms with Crippen LogP contribution in [0.2, 0.25) is 10.3 Å². The van der Waals surface area contributed by atoms with Crippen LogP contribution in [0.3, 0.4) is 0 Å². The van der Waals surface area contributed by atoms with Gasteiger partial charge in [0.1, 0.15) is 10.3 Å². The molecule has 0 aliphatic carbocycles. The van der Waals surface area contributed by atoms with E-state index < -0.39 is 5.97 Å². The van der Waals surface area contributed by atoms with Crippen LogP contribution in [0.4, 0.5) is 0 Å². The quantitative estimate of drug-likeness (QED) is 0.860. The van der Waals surface area contributed by atoms with Gasteiger partial charge in [-0.3, -0.25) is 9.59 Å². The maximum atomic E-state index is 12.6. The van der Waals surface area contributed by atoms with Crippen molar-refractivity contribution in [2.45, 2.75) is 38.1 Å². The second-order valence-electron chi connectivity index (χ2n) is 5.08. The first-order chi connectivity index (χ1) is 9.97. The summed E-state index contributed by atoms with van der Waals surface area (Å²) in [5, 5.41) is 9.15. The van der Waals surface area contributed by atoms with E-state index in [1.807, 2.05) is 0 Å². The van der Waals surface area contributed by atoms with Crippen molar-refractivity contribution in [2.24, 2.45) is 0 Å².